The first kappa shape index (κ1) is 18.1. The van der Waals surface area contributed by atoms with Gasteiger partial charge in [-0.2, -0.15) is 5.10 Å². The Morgan fingerprint density at radius 3 is 2.59 bits per heavy atom. The lowest BCUT2D eigenvalue weighted by atomic mass is 10.1. The van der Waals surface area contributed by atoms with Gasteiger partial charge in [-0.25, -0.2) is 14.4 Å². The van der Waals surface area contributed by atoms with Gasteiger partial charge in [0.1, 0.15) is 17.1 Å². The molecule has 0 saturated heterocycles. The number of hydrogen-bond acceptors (Lipinski definition) is 6. The molecule has 0 fully saturated rings. The van der Waals surface area contributed by atoms with Gasteiger partial charge in [0.05, 0.1) is 34.6 Å². The molecule has 5 aromatic heterocycles. The van der Waals surface area contributed by atoms with E-state index in [1.807, 2.05) is 18.2 Å². The van der Waals surface area contributed by atoms with E-state index in [1.165, 1.54) is 18.3 Å². The molecule has 0 aliphatic rings. The summed E-state index contributed by atoms with van der Waals surface area (Å²) < 4.78 is 13.8. The minimum Gasteiger partial charge on any atom is -0.506 e. The molecule has 8 nitrogen and oxygen atoms in total. The number of benzene rings is 1. The van der Waals surface area contributed by atoms with Crippen LogP contribution in [0.2, 0.25) is 0 Å². The fourth-order valence-electron chi connectivity index (χ4n) is 3.71. The van der Waals surface area contributed by atoms with E-state index in [4.69, 9.17) is 9.97 Å². The zero-order chi connectivity index (χ0) is 21.7. The molecule has 0 unspecified atom stereocenters. The molecule has 0 bridgehead atoms. The van der Waals surface area contributed by atoms with Gasteiger partial charge in [0.25, 0.3) is 0 Å². The van der Waals surface area contributed by atoms with Crippen molar-refractivity contribution in [3.05, 3.63) is 73.1 Å². The smallest absolute Gasteiger partial charge is 0.161 e. The second-order valence-electron chi connectivity index (χ2n) is 7.28. The molecule has 6 aromatic rings. The highest BCUT2D eigenvalue weighted by molar-refractivity contribution is 5.95. The van der Waals surface area contributed by atoms with Crippen molar-refractivity contribution in [1.29, 1.82) is 0 Å². The second kappa shape index (κ2) is 6.95. The third-order valence-electron chi connectivity index (χ3n) is 5.18. The molecule has 154 valence electrons. The fourth-order valence-corrected chi connectivity index (χ4v) is 3.71. The number of nitrogens with one attached hydrogen (secondary N) is 2. The zero-order valence-electron chi connectivity index (χ0n) is 16.4. The van der Waals surface area contributed by atoms with E-state index in [-0.39, 0.29) is 11.6 Å². The van der Waals surface area contributed by atoms with Gasteiger partial charge in [-0.05, 0) is 35.9 Å². The van der Waals surface area contributed by atoms with Crippen LogP contribution in [-0.4, -0.2) is 40.2 Å². The number of aromatic hydroxyl groups is 1. The average molecular weight is 423 g/mol. The molecule has 0 atom stereocenters. The summed E-state index contributed by atoms with van der Waals surface area (Å²) in [6.45, 7) is 0. The number of nitrogens with zero attached hydrogens (tertiary/aromatic N) is 5. The van der Waals surface area contributed by atoms with Crippen LogP contribution in [0, 0.1) is 5.82 Å². The number of aromatic nitrogens is 7. The first-order valence-corrected chi connectivity index (χ1v) is 9.75. The van der Waals surface area contributed by atoms with Crippen LogP contribution in [0.5, 0.6) is 5.75 Å². The van der Waals surface area contributed by atoms with Gasteiger partial charge in [-0.15, -0.1) is 0 Å². The highest BCUT2D eigenvalue weighted by atomic mass is 19.1. The zero-order valence-corrected chi connectivity index (χ0v) is 16.4. The predicted octanol–water partition coefficient (Wildman–Crippen LogP) is 4.47. The summed E-state index contributed by atoms with van der Waals surface area (Å²) in [6, 6.07) is 11.6. The molecular formula is C23H14FN7O. The van der Waals surface area contributed by atoms with Gasteiger partial charge in [-0.1, -0.05) is 12.1 Å². The Hall–Kier alpha value is -4.66. The van der Waals surface area contributed by atoms with Gasteiger partial charge in [0, 0.05) is 23.5 Å². The first-order valence-electron chi connectivity index (χ1n) is 9.75. The maximum absolute atomic E-state index is 13.8. The number of hydrogen-bond donors (Lipinski definition) is 3. The lowest BCUT2D eigenvalue weighted by Gasteiger charge is -2.02. The molecule has 0 amide bonds. The molecular weight excluding hydrogens is 409 g/mol. The largest absolute Gasteiger partial charge is 0.506 e. The molecule has 0 spiro atoms. The summed E-state index contributed by atoms with van der Waals surface area (Å²) in [5, 5.41) is 17.1. The first-order chi connectivity index (χ1) is 15.7. The van der Waals surface area contributed by atoms with Crippen molar-refractivity contribution in [3.8, 4) is 39.7 Å². The Kier molecular flexibility index (Phi) is 3.94. The van der Waals surface area contributed by atoms with Crippen molar-refractivity contribution in [3.63, 3.8) is 0 Å². The minimum atomic E-state index is -0.327. The van der Waals surface area contributed by atoms with Crippen LogP contribution in [0.15, 0.2) is 67.3 Å². The van der Waals surface area contributed by atoms with Crippen LogP contribution in [0.1, 0.15) is 0 Å². The Morgan fingerprint density at radius 2 is 1.72 bits per heavy atom. The number of pyridine rings is 3. The van der Waals surface area contributed by atoms with E-state index in [1.54, 1.807) is 30.7 Å². The molecule has 0 radical (unpaired) electrons. The van der Waals surface area contributed by atoms with Gasteiger partial charge in [0.15, 0.2) is 11.5 Å². The number of fused-ring (bicyclic) bond motifs is 2. The van der Waals surface area contributed by atoms with Gasteiger partial charge in [-0.3, -0.25) is 15.1 Å². The maximum Gasteiger partial charge on any atom is 0.161 e. The number of halogens is 1. The molecule has 3 N–H and O–H groups in total. The van der Waals surface area contributed by atoms with Gasteiger partial charge < -0.3 is 10.1 Å². The Bertz CT molecular complexity index is 1620. The van der Waals surface area contributed by atoms with E-state index < -0.39 is 0 Å². The number of rotatable bonds is 3. The molecule has 5 heterocycles. The Morgan fingerprint density at radius 1 is 0.812 bits per heavy atom. The van der Waals surface area contributed by atoms with Crippen molar-refractivity contribution >= 4 is 22.1 Å². The molecule has 0 aliphatic heterocycles. The van der Waals surface area contributed by atoms with Crippen LogP contribution < -0.4 is 0 Å². The van der Waals surface area contributed by atoms with E-state index >= 15 is 0 Å². The topological polar surface area (TPSA) is 116 Å². The monoisotopic (exact) mass is 423 g/mol. The quantitative estimate of drug-likeness (QED) is 0.387. The van der Waals surface area contributed by atoms with Gasteiger partial charge in [0.2, 0.25) is 0 Å². The summed E-state index contributed by atoms with van der Waals surface area (Å²) in [5.74, 6) is 0.244. The summed E-state index contributed by atoms with van der Waals surface area (Å²) in [4.78, 5) is 21.0. The van der Waals surface area contributed by atoms with Crippen molar-refractivity contribution < 1.29 is 9.50 Å². The molecule has 0 aliphatic carbocycles. The van der Waals surface area contributed by atoms with Gasteiger partial charge >= 0.3 is 0 Å². The van der Waals surface area contributed by atoms with E-state index in [2.05, 4.69) is 25.1 Å². The van der Waals surface area contributed by atoms with Crippen molar-refractivity contribution in [2.75, 3.05) is 0 Å². The number of imidazole rings is 1. The molecule has 9 heteroatoms. The van der Waals surface area contributed by atoms with Crippen LogP contribution in [0.4, 0.5) is 4.39 Å². The fraction of sp³-hybridized carbons (Fsp3) is 0. The summed E-state index contributed by atoms with van der Waals surface area (Å²) in [6.07, 6.45) is 6.33. The lowest BCUT2D eigenvalue weighted by Crippen LogP contribution is -1.88. The maximum atomic E-state index is 13.8. The van der Waals surface area contributed by atoms with E-state index in [9.17, 15) is 9.50 Å². The number of aromatic amines is 2. The Balaban J connectivity index is 1.51. The SMILES string of the molecule is Oc1cncc(-c2ccc3[nH]nc(-c4nc5c(-c6cccc(F)c6)cncc5[nH]4)c3n2)c1. The molecule has 1 aromatic carbocycles. The lowest BCUT2D eigenvalue weighted by molar-refractivity contribution is 0.473. The highest BCUT2D eigenvalue weighted by Crippen LogP contribution is 2.31. The van der Waals surface area contributed by atoms with Crippen LogP contribution in [-0.2, 0) is 0 Å². The normalized spacial score (nSPS) is 11.4. The molecule has 0 saturated carbocycles. The minimum absolute atomic E-state index is 0.0616. The van der Waals surface area contributed by atoms with Crippen molar-refractivity contribution in [2.45, 2.75) is 0 Å². The summed E-state index contributed by atoms with van der Waals surface area (Å²) >= 11 is 0. The van der Waals surface area contributed by atoms with Crippen LogP contribution in [0.25, 0.3) is 56.0 Å². The summed E-state index contributed by atoms with van der Waals surface area (Å²) in [5.41, 5.74) is 5.97. The van der Waals surface area contributed by atoms with Crippen LogP contribution >= 0.6 is 0 Å². The third-order valence-corrected chi connectivity index (χ3v) is 5.18. The average Bonchev–Trinajstić information content (AvgIpc) is 3.42. The predicted molar refractivity (Wildman–Crippen MR) is 117 cm³/mol. The Labute approximate surface area is 179 Å². The third kappa shape index (κ3) is 2.95. The van der Waals surface area contributed by atoms with Crippen LogP contribution in [0.3, 0.4) is 0 Å². The van der Waals surface area contributed by atoms with Crippen molar-refractivity contribution in [1.82, 2.24) is 35.1 Å². The van der Waals surface area contributed by atoms with Crippen molar-refractivity contribution in [2.24, 2.45) is 0 Å². The molecule has 6 rings (SSSR count). The number of H-pyrrole nitrogens is 2. The van der Waals surface area contributed by atoms with E-state index in [0.29, 0.717) is 50.5 Å². The second-order valence-corrected chi connectivity index (χ2v) is 7.28. The summed E-state index contributed by atoms with van der Waals surface area (Å²) in [7, 11) is 0. The molecule has 32 heavy (non-hydrogen) atoms. The highest BCUT2D eigenvalue weighted by Gasteiger charge is 2.17. The van der Waals surface area contributed by atoms with E-state index in [0.717, 1.165) is 5.52 Å². The standard InChI is InChI=1S/C23H14FN7O/c24-14-3-1-2-12(6-14)16-10-26-11-19-20(16)29-23(28-19)22-21-18(30-31-22)5-4-17(27-21)13-7-15(32)9-25-8-13/h1-11,32H,(H,28,29)(H,30,31).